The molecule has 1 aliphatic heterocycles. The second-order valence-electron chi connectivity index (χ2n) is 11.1. The van der Waals surface area contributed by atoms with Crippen molar-refractivity contribution in [2.24, 2.45) is 11.3 Å². The van der Waals surface area contributed by atoms with E-state index in [2.05, 4.69) is 37.2 Å². The summed E-state index contributed by atoms with van der Waals surface area (Å²) in [6.45, 7) is 10.4. The maximum atomic E-state index is 12.0. The largest absolute Gasteiger partial charge is 0.497 e. The number of nitrogens with zero attached hydrogens (tertiary/aromatic N) is 1. The predicted octanol–water partition coefficient (Wildman–Crippen LogP) is 4.21. The summed E-state index contributed by atoms with van der Waals surface area (Å²) in [6, 6.07) is 4.90. The molecule has 2 aliphatic rings. The molecule has 0 spiro atoms. The van der Waals surface area contributed by atoms with Crippen molar-refractivity contribution in [1.82, 2.24) is 20.6 Å². The molecule has 1 saturated carbocycles. The zero-order valence-corrected chi connectivity index (χ0v) is 28.0. The number of hydrogen-bond donors (Lipinski definition) is 5. The molecule has 2 aromatic rings. The Bertz CT molecular complexity index is 1280. The summed E-state index contributed by atoms with van der Waals surface area (Å²) in [4.78, 5) is 48.7. The number of aromatic amines is 1. The Kier molecular flexibility index (Phi) is 20.6. The third-order valence-corrected chi connectivity index (χ3v) is 6.66. The summed E-state index contributed by atoms with van der Waals surface area (Å²) in [6.07, 6.45) is 7.96. The third-order valence-electron chi connectivity index (χ3n) is 6.66. The van der Waals surface area contributed by atoms with Crippen LogP contribution in [-0.2, 0) is 19.1 Å². The van der Waals surface area contributed by atoms with Crippen LogP contribution >= 0.6 is 0 Å². The van der Waals surface area contributed by atoms with Crippen LogP contribution in [0.25, 0.3) is 11.0 Å². The maximum Gasteiger partial charge on any atom is 0.322 e. The lowest BCUT2D eigenvalue weighted by atomic mass is 9.87. The maximum absolute atomic E-state index is 12.0. The Morgan fingerprint density at radius 2 is 1.84 bits per heavy atom. The number of benzene rings is 1. The smallest absolute Gasteiger partial charge is 0.322 e. The number of methoxy groups -OCH3 is 2. The van der Waals surface area contributed by atoms with E-state index >= 15 is 0 Å². The van der Waals surface area contributed by atoms with Gasteiger partial charge in [-0.2, -0.15) is 0 Å². The third kappa shape index (κ3) is 16.6. The summed E-state index contributed by atoms with van der Waals surface area (Å²) >= 11 is 0. The molecule has 0 radical (unpaired) electrons. The van der Waals surface area contributed by atoms with Crippen LogP contribution in [-0.4, -0.2) is 78.5 Å². The first-order valence-electron chi connectivity index (χ1n) is 15.3. The molecule has 2 atom stereocenters. The van der Waals surface area contributed by atoms with E-state index < -0.39 is 12.0 Å². The van der Waals surface area contributed by atoms with Crippen molar-refractivity contribution < 1.29 is 34.1 Å². The van der Waals surface area contributed by atoms with Gasteiger partial charge in [-0.3, -0.25) is 19.2 Å². The number of ether oxygens (including phenoxy) is 2. The number of likely N-dealkylation sites (N-methyl/N-ethyl adjacent to an activating group) is 1. The molecule has 0 amide bonds. The van der Waals surface area contributed by atoms with Crippen LogP contribution in [0.4, 0.5) is 0 Å². The monoisotopic (exact) mass is 632 g/mol. The van der Waals surface area contributed by atoms with Crippen LogP contribution in [0.15, 0.2) is 23.0 Å². The fourth-order valence-electron chi connectivity index (χ4n) is 4.26. The second-order valence-corrected chi connectivity index (χ2v) is 11.1. The van der Waals surface area contributed by atoms with Crippen molar-refractivity contribution in [3.63, 3.8) is 0 Å². The average Bonchev–Trinajstić information content (AvgIpc) is 3.67. The first kappa shape index (κ1) is 41.0. The molecule has 2 fully saturated rings. The van der Waals surface area contributed by atoms with E-state index in [1.165, 1.54) is 26.4 Å². The lowest BCUT2D eigenvalue weighted by molar-refractivity contribution is -0.143. The topological polar surface area (TPSA) is 180 Å². The lowest BCUT2D eigenvalue weighted by Crippen LogP contribution is -2.44. The first-order chi connectivity index (χ1) is 21.4. The molecular weight excluding hydrogens is 580 g/mol. The molecule has 252 valence electrons. The van der Waals surface area contributed by atoms with Crippen molar-refractivity contribution in [2.75, 3.05) is 27.8 Å². The van der Waals surface area contributed by atoms with Crippen LogP contribution in [0.2, 0.25) is 0 Å². The highest BCUT2D eigenvalue weighted by atomic mass is 16.5. The molecule has 1 aliphatic carbocycles. The molecule has 1 saturated heterocycles. The Morgan fingerprint density at radius 3 is 2.29 bits per heavy atom. The summed E-state index contributed by atoms with van der Waals surface area (Å²) < 4.78 is 9.66. The molecule has 1 aromatic carbocycles. The molecule has 12 heteroatoms. The molecule has 2 heterocycles. The van der Waals surface area contributed by atoms with Crippen molar-refractivity contribution in [3.8, 4) is 17.6 Å². The van der Waals surface area contributed by atoms with Gasteiger partial charge in [-0.15, -0.1) is 0 Å². The fourth-order valence-corrected chi connectivity index (χ4v) is 4.26. The van der Waals surface area contributed by atoms with Gasteiger partial charge in [0, 0.05) is 12.5 Å². The number of carbonyl (C=O) groups excluding carboxylic acids is 1. The van der Waals surface area contributed by atoms with Crippen molar-refractivity contribution in [3.05, 3.63) is 34.2 Å². The molecule has 4 rings (SSSR count). The number of fused-ring (bicyclic) bond motifs is 1. The SMILES string of the molecule is CC.CNC(C(=O)O)C(C)(C)C.COC(=O)C1CCCN1.COc1ccc2nc(C#CCCCC3CC3)c(=O)[nH]c2c1.O=CO. The first-order valence-corrected chi connectivity index (χ1v) is 15.3. The summed E-state index contributed by atoms with van der Waals surface area (Å²) in [7, 11) is 4.67. The van der Waals surface area contributed by atoms with E-state index in [4.69, 9.17) is 19.7 Å². The van der Waals surface area contributed by atoms with Gasteiger partial charge in [0.05, 0.1) is 25.3 Å². The van der Waals surface area contributed by atoms with E-state index in [1.807, 2.05) is 46.8 Å². The van der Waals surface area contributed by atoms with Gasteiger partial charge in [-0.05, 0) is 68.7 Å². The molecule has 2 unspecified atom stereocenters. The predicted molar refractivity (Wildman–Crippen MR) is 175 cm³/mol. The molecular formula is C33H52N4O8. The second kappa shape index (κ2) is 22.5. The van der Waals surface area contributed by atoms with E-state index in [-0.39, 0.29) is 29.5 Å². The van der Waals surface area contributed by atoms with Crippen LogP contribution < -0.4 is 20.9 Å². The van der Waals surface area contributed by atoms with Gasteiger partial charge in [0.15, 0.2) is 5.69 Å². The fraction of sp³-hybridized carbons (Fsp3) is 0.606. The number of aromatic nitrogens is 2. The van der Waals surface area contributed by atoms with E-state index in [1.54, 1.807) is 20.2 Å². The zero-order valence-electron chi connectivity index (χ0n) is 28.0. The van der Waals surface area contributed by atoms with Crippen molar-refractivity contribution in [2.45, 2.75) is 91.6 Å². The number of carboxylic acid groups (broad SMARTS) is 2. The number of aliphatic carboxylic acids is 1. The highest BCUT2D eigenvalue weighted by molar-refractivity contribution is 5.76. The van der Waals surface area contributed by atoms with E-state index in [0.29, 0.717) is 17.0 Å². The zero-order chi connectivity index (χ0) is 34.4. The van der Waals surface area contributed by atoms with Gasteiger partial charge >= 0.3 is 11.9 Å². The number of hydrogen-bond acceptors (Lipinski definition) is 9. The normalized spacial score (nSPS) is 15.3. The van der Waals surface area contributed by atoms with Crippen LogP contribution in [0.1, 0.15) is 85.3 Å². The van der Waals surface area contributed by atoms with Gasteiger partial charge < -0.3 is 35.3 Å². The van der Waals surface area contributed by atoms with Gasteiger partial charge in [0.2, 0.25) is 0 Å². The van der Waals surface area contributed by atoms with Crippen molar-refractivity contribution in [1.29, 1.82) is 0 Å². The van der Waals surface area contributed by atoms with Gasteiger partial charge in [0.1, 0.15) is 17.8 Å². The number of carboxylic acids is 1. The quantitative estimate of drug-likeness (QED) is 0.128. The number of esters is 1. The minimum atomic E-state index is -0.796. The number of unbranched alkanes of at least 4 members (excludes halogenated alkanes) is 1. The highest BCUT2D eigenvalue weighted by Gasteiger charge is 2.29. The Balaban J connectivity index is 0.000000676. The number of nitrogens with one attached hydrogen (secondary N) is 3. The highest BCUT2D eigenvalue weighted by Crippen LogP contribution is 2.33. The van der Waals surface area contributed by atoms with Gasteiger partial charge in [0.25, 0.3) is 12.0 Å². The molecule has 1 aromatic heterocycles. The minimum Gasteiger partial charge on any atom is -0.497 e. The number of H-pyrrole nitrogens is 1. The van der Waals surface area contributed by atoms with E-state index in [0.717, 1.165) is 43.7 Å². The van der Waals surface area contributed by atoms with Crippen LogP contribution in [0.3, 0.4) is 0 Å². The Labute approximate surface area is 266 Å². The van der Waals surface area contributed by atoms with Crippen LogP contribution in [0.5, 0.6) is 5.75 Å². The lowest BCUT2D eigenvalue weighted by Gasteiger charge is -2.26. The van der Waals surface area contributed by atoms with E-state index in [9.17, 15) is 14.4 Å². The van der Waals surface area contributed by atoms with Crippen LogP contribution in [0, 0.1) is 23.2 Å². The summed E-state index contributed by atoms with van der Waals surface area (Å²) in [5, 5.41) is 21.3. The van der Waals surface area contributed by atoms with Gasteiger partial charge in [-0.25, -0.2) is 4.98 Å². The summed E-state index contributed by atoms with van der Waals surface area (Å²) in [5.74, 6) is 6.65. The molecule has 12 nitrogen and oxygen atoms in total. The van der Waals surface area contributed by atoms with Crippen molar-refractivity contribution >= 4 is 29.4 Å². The summed E-state index contributed by atoms with van der Waals surface area (Å²) in [5.41, 5.74) is 1.21. The molecule has 45 heavy (non-hydrogen) atoms. The average molecular weight is 633 g/mol. The minimum absolute atomic E-state index is 0.0324. The molecule has 5 N–H and O–H groups in total. The standard InChI is InChI=1S/C17H18N2O2.C7H15NO2.C6H11NO2.C2H6.CH2O2/c1-21-13-9-10-14-16(11-13)19-17(20)15(18-14)6-4-2-3-5-12-7-8-12;1-7(2,3)5(8-4)6(9)10;1-9-6(8)5-3-2-4-7-5;1-2;2-1-3/h9-12H,2-3,5,7-8H2,1H3,(H,19,20);5,8H,1-4H3,(H,9,10);5,7H,2-4H2,1H3;1-2H3;1H,(H,2,3). The Hall–Kier alpha value is -3.95. The molecule has 0 bridgehead atoms. The number of rotatable bonds is 7. The Morgan fingerprint density at radius 1 is 1.20 bits per heavy atom. The number of carbonyl (C=O) groups is 3. The van der Waals surface area contributed by atoms with Gasteiger partial charge in [-0.1, -0.05) is 53.4 Å².